The third-order valence-electron chi connectivity index (χ3n) is 4.06. The SMILES string of the molecule is C[C@@H]1C[C@H](C)CN(CCCNC(=S)Nc2ccc(Br)cc2F)C1. The first-order chi connectivity index (χ1) is 10.9. The number of nitrogens with zero attached hydrogens (tertiary/aromatic N) is 1. The first kappa shape index (κ1) is 18.6. The van der Waals surface area contributed by atoms with Gasteiger partial charge in [0.1, 0.15) is 5.82 Å². The molecule has 0 aromatic heterocycles. The lowest BCUT2D eigenvalue weighted by molar-refractivity contribution is 0.140. The first-order valence-electron chi connectivity index (χ1n) is 8.16. The summed E-state index contributed by atoms with van der Waals surface area (Å²) in [5.41, 5.74) is 0.393. The molecule has 1 fully saturated rings. The minimum Gasteiger partial charge on any atom is -0.362 e. The van der Waals surface area contributed by atoms with Crippen molar-refractivity contribution in [3.8, 4) is 0 Å². The number of rotatable bonds is 5. The molecule has 1 saturated heterocycles. The van der Waals surface area contributed by atoms with E-state index in [0.717, 1.165) is 31.3 Å². The van der Waals surface area contributed by atoms with Gasteiger partial charge in [-0.2, -0.15) is 0 Å². The summed E-state index contributed by atoms with van der Waals surface area (Å²) in [6.07, 6.45) is 2.37. The van der Waals surface area contributed by atoms with E-state index in [4.69, 9.17) is 12.2 Å². The van der Waals surface area contributed by atoms with Gasteiger partial charge in [0.25, 0.3) is 0 Å². The molecule has 1 aliphatic rings. The van der Waals surface area contributed by atoms with E-state index < -0.39 is 0 Å². The molecule has 2 rings (SSSR count). The molecule has 1 aromatic carbocycles. The molecule has 1 heterocycles. The van der Waals surface area contributed by atoms with Crippen molar-refractivity contribution in [1.29, 1.82) is 0 Å². The van der Waals surface area contributed by atoms with Crippen molar-refractivity contribution in [3.05, 3.63) is 28.5 Å². The predicted octanol–water partition coefficient (Wildman–Crippen LogP) is 4.24. The number of halogens is 2. The van der Waals surface area contributed by atoms with Crippen LogP contribution < -0.4 is 10.6 Å². The lowest BCUT2D eigenvalue weighted by atomic mass is 9.92. The Labute approximate surface area is 152 Å². The Kier molecular flexibility index (Phi) is 7.24. The number of likely N-dealkylation sites (tertiary alicyclic amines) is 1. The van der Waals surface area contributed by atoms with Crippen LogP contribution in [0.15, 0.2) is 22.7 Å². The van der Waals surface area contributed by atoms with Gasteiger partial charge in [0.2, 0.25) is 0 Å². The van der Waals surface area contributed by atoms with Crippen LogP contribution in [0.1, 0.15) is 26.7 Å². The van der Waals surface area contributed by atoms with Gasteiger partial charge >= 0.3 is 0 Å². The molecule has 0 spiro atoms. The minimum absolute atomic E-state index is 0.320. The fourth-order valence-electron chi connectivity index (χ4n) is 3.24. The van der Waals surface area contributed by atoms with E-state index >= 15 is 0 Å². The van der Waals surface area contributed by atoms with Gasteiger partial charge < -0.3 is 15.5 Å². The van der Waals surface area contributed by atoms with Crippen molar-refractivity contribution in [1.82, 2.24) is 10.2 Å². The maximum absolute atomic E-state index is 13.7. The summed E-state index contributed by atoms with van der Waals surface area (Å²) < 4.78 is 14.4. The Bertz CT molecular complexity index is 531. The van der Waals surface area contributed by atoms with Crippen LogP contribution in [-0.2, 0) is 0 Å². The van der Waals surface area contributed by atoms with E-state index in [2.05, 4.69) is 45.3 Å². The topological polar surface area (TPSA) is 27.3 Å². The summed E-state index contributed by atoms with van der Waals surface area (Å²) in [6, 6.07) is 4.88. The molecule has 2 atom stereocenters. The monoisotopic (exact) mass is 401 g/mol. The number of nitrogens with one attached hydrogen (secondary N) is 2. The van der Waals surface area contributed by atoms with Gasteiger partial charge in [-0.3, -0.25) is 0 Å². The minimum atomic E-state index is -0.320. The number of piperidine rings is 1. The molecule has 0 radical (unpaired) electrons. The second kappa shape index (κ2) is 8.94. The predicted molar refractivity (Wildman–Crippen MR) is 102 cm³/mol. The lowest BCUT2D eigenvalue weighted by Gasteiger charge is -2.34. The Balaban J connectivity index is 1.67. The van der Waals surface area contributed by atoms with E-state index in [0.29, 0.717) is 15.3 Å². The van der Waals surface area contributed by atoms with Crippen LogP contribution in [0, 0.1) is 17.7 Å². The van der Waals surface area contributed by atoms with Crippen molar-refractivity contribution >= 4 is 38.9 Å². The summed E-state index contributed by atoms with van der Waals surface area (Å²) in [7, 11) is 0. The largest absolute Gasteiger partial charge is 0.362 e. The number of hydrogen-bond acceptors (Lipinski definition) is 2. The molecular weight excluding hydrogens is 377 g/mol. The highest BCUT2D eigenvalue weighted by Gasteiger charge is 2.20. The average Bonchev–Trinajstić information content (AvgIpc) is 2.46. The van der Waals surface area contributed by atoms with Crippen LogP contribution in [-0.4, -0.2) is 36.2 Å². The van der Waals surface area contributed by atoms with Crippen molar-refractivity contribution in [2.45, 2.75) is 26.7 Å². The average molecular weight is 402 g/mol. The van der Waals surface area contributed by atoms with Crippen LogP contribution >= 0.6 is 28.1 Å². The standard InChI is InChI=1S/C17H25BrFN3S/c1-12-8-13(2)11-22(10-12)7-3-6-20-17(23)21-16-5-4-14(18)9-15(16)19/h4-5,9,12-13H,3,6-8,10-11H2,1-2H3,(H2,20,21,23)/t12-,13+. The third kappa shape index (κ3) is 6.36. The zero-order valence-electron chi connectivity index (χ0n) is 13.7. The Hall–Kier alpha value is -0.720. The molecule has 6 heteroatoms. The number of thiocarbonyl (C=S) groups is 1. The summed E-state index contributed by atoms with van der Waals surface area (Å²) in [5, 5.41) is 6.52. The highest BCUT2D eigenvalue weighted by Crippen LogP contribution is 2.21. The maximum Gasteiger partial charge on any atom is 0.170 e. The van der Waals surface area contributed by atoms with Gasteiger partial charge in [-0.1, -0.05) is 29.8 Å². The van der Waals surface area contributed by atoms with Gasteiger partial charge in [0, 0.05) is 24.1 Å². The van der Waals surface area contributed by atoms with Gasteiger partial charge in [-0.05, 0) is 61.6 Å². The van der Waals surface area contributed by atoms with Crippen molar-refractivity contribution < 1.29 is 4.39 Å². The van der Waals surface area contributed by atoms with Gasteiger partial charge in [-0.25, -0.2) is 4.39 Å². The highest BCUT2D eigenvalue weighted by atomic mass is 79.9. The van der Waals surface area contributed by atoms with Crippen LogP contribution in [0.25, 0.3) is 0 Å². The van der Waals surface area contributed by atoms with Crippen molar-refractivity contribution in [3.63, 3.8) is 0 Å². The fourth-order valence-corrected chi connectivity index (χ4v) is 3.78. The van der Waals surface area contributed by atoms with E-state index in [9.17, 15) is 4.39 Å². The van der Waals surface area contributed by atoms with Gasteiger partial charge in [-0.15, -0.1) is 0 Å². The second-order valence-corrected chi connectivity index (χ2v) is 7.89. The smallest absolute Gasteiger partial charge is 0.170 e. The van der Waals surface area contributed by atoms with Crippen molar-refractivity contribution in [2.75, 3.05) is 31.5 Å². The fraction of sp³-hybridized carbons (Fsp3) is 0.588. The molecular formula is C17H25BrFN3S. The molecule has 0 aliphatic carbocycles. The second-order valence-electron chi connectivity index (χ2n) is 6.56. The Morgan fingerprint density at radius 1 is 1.35 bits per heavy atom. The maximum atomic E-state index is 13.7. The quantitative estimate of drug-likeness (QED) is 0.569. The molecule has 1 aliphatic heterocycles. The molecule has 1 aromatic rings. The zero-order chi connectivity index (χ0) is 16.8. The number of anilines is 1. The normalized spacial score (nSPS) is 21.9. The molecule has 0 bridgehead atoms. The molecule has 0 amide bonds. The summed E-state index contributed by atoms with van der Waals surface area (Å²) in [6.45, 7) is 8.91. The molecule has 2 N–H and O–H groups in total. The van der Waals surface area contributed by atoms with Crippen LogP contribution in [0.2, 0.25) is 0 Å². The molecule has 128 valence electrons. The van der Waals surface area contributed by atoms with Crippen molar-refractivity contribution in [2.24, 2.45) is 11.8 Å². The van der Waals surface area contributed by atoms with Crippen LogP contribution in [0.3, 0.4) is 0 Å². The summed E-state index contributed by atoms with van der Waals surface area (Å²) >= 11 is 8.46. The van der Waals surface area contributed by atoms with E-state index in [1.165, 1.54) is 25.6 Å². The van der Waals surface area contributed by atoms with Gasteiger partial charge in [0.05, 0.1) is 5.69 Å². The van der Waals surface area contributed by atoms with Gasteiger partial charge in [0.15, 0.2) is 5.11 Å². The van der Waals surface area contributed by atoms with E-state index in [-0.39, 0.29) is 5.82 Å². The lowest BCUT2D eigenvalue weighted by Crippen LogP contribution is -2.40. The highest BCUT2D eigenvalue weighted by molar-refractivity contribution is 9.10. The van der Waals surface area contributed by atoms with Crippen LogP contribution in [0.4, 0.5) is 10.1 Å². The molecule has 23 heavy (non-hydrogen) atoms. The number of hydrogen-bond donors (Lipinski definition) is 2. The Morgan fingerprint density at radius 3 is 2.70 bits per heavy atom. The zero-order valence-corrected chi connectivity index (χ0v) is 16.1. The van der Waals surface area contributed by atoms with Crippen LogP contribution in [0.5, 0.6) is 0 Å². The molecule has 0 unspecified atom stereocenters. The summed E-state index contributed by atoms with van der Waals surface area (Å²) in [5.74, 6) is 1.25. The first-order valence-corrected chi connectivity index (χ1v) is 9.36. The summed E-state index contributed by atoms with van der Waals surface area (Å²) in [4.78, 5) is 2.53. The number of benzene rings is 1. The molecule has 0 saturated carbocycles. The Morgan fingerprint density at radius 2 is 2.04 bits per heavy atom. The van der Waals surface area contributed by atoms with E-state index in [1.54, 1.807) is 12.1 Å². The molecule has 3 nitrogen and oxygen atoms in total. The van der Waals surface area contributed by atoms with E-state index in [1.807, 2.05) is 0 Å². The third-order valence-corrected chi connectivity index (χ3v) is 4.80.